The first-order valence-corrected chi connectivity index (χ1v) is 8.44. The zero-order valence-electron chi connectivity index (χ0n) is 14.8. The van der Waals surface area contributed by atoms with Gasteiger partial charge >= 0.3 is 12.1 Å². The Morgan fingerprint density at radius 3 is 2.31 bits per heavy atom. The number of rotatable bonds is 2. The lowest BCUT2D eigenvalue weighted by Gasteiger charge is -2.29. The number of hydrazine groups is 1. The van der Waals surface area contributed by atoms with Crippen molar-refractivity contribution in [2.75, 3.05) is 6.54 Å². The van der Waals surface area contributed by atoms with E-state index < -0.39 is 41.7 Å². The molecule has 0 radical (unpaired) electrons. The van der Waals surface area contributed by atoms with Crippen LogP contribution in [-0.4, -0.2) is 46.3 Å². The van der Waals surface area contributed by atoms with Crippen LogP contribution in [0.3, 0.4) is 0 Å². The minimum absolute atomic E-state index is 0.00302. The molecule has 3 atom stereocenters. The molecule has 0 spiro atoms. The molecule has 26 heavy (non-hydrogen) atoms. The Hall–Kier alpha value is -2.09. The third-order valence-electron chi connectivity index (χ3n) is 4.51. The van der Waals surface area contributed by atoms with Gasteiger partial charge in [-0.1, -0.05) is 30.3 Å². The lowest BCUT2D eigenvalue weighted by atomic mass is 9.87. The Morgan fingerprint density at radius 2 is 1.77 bits per heavy atom. The highest BCUT2D eigenvalue weighted by molar-refractivity contribution is 5.82. The van der Waals surface area contributed by atoms with E-state index in [4.69, 9.17) is 4.74 Å². The van der Waals surface area contributed by atoms with Crippen LogP contribution in [-0.2, 0) is 14.3 Å². The molecule has 2 heterocycles. The van der Waals surface area contributed by atoms with Crippen molar-refractivity contribution < 1.29 is 27.5 Å². The number of fused-ring (bicyclic) bond motifs is 1. The van der Waals surface area contributed by atoms with Gasteiger partial charge < -0.3 is 4.74 Å². The van der Waals surface area contributed by atoms with E-state index in [0.717, 1.165) is 0 Å². The molecule has 1 amide bonds. The maximum atomic E-state index is 13.9. The molecular weight excluding hydrogens is 349 g/mol. The number of nitrogens with zero attached hydrogens (tertiary/aromatic N) is 2. The van der Waals surface area contributed by atoms with Crippen LogP contribution in [0.25, 0.3) is 0 Å². The Kier molecular flexibility index (Phi) is 4.50. The fraction of sp³-hybridized carbons (Fsp3) is 0.556. The molecule has 3 rings (SSSR count). The Labute approximate surface area is 149 Å². The maximum absolute atomic E-state index is 13.9. The van der Waals surface area contributed by atoms with Gasteiger partial charge in [0.2, 0.25) is 5.91 Å². The van der Waals surface area contributed by atoms with E-state index in [1.54, 1.807) is 51.1 Å². The van der Waals surface area contributed by atoms with Gasteiger partial charge in [-0.15, -0.1) is 0 Å². The van der Waals surface area contributed by atoms with Gasteiger partial charge in [-0.2, -0.15) is 13.2 Å². The molecule has 5 nitrogen and oxygen atoms in total. The molecule has 2 aliphatic rings. The Balaban J connectivity index is 2.10. The molecule has 1 aromatic rings. The molecule has 0 aliphatic carbocycles. The van der Waals surface area contributed by atoms with Gasteiger partial charge in [0.15, 0.2) is 6.04 Å². The van der Waals surface area contributed by atoms with Crippen molar-refractivity contribution in [2.24, 2.45) is 5.92 Å². The highest BCUT2D eigenvalue weighted by Gasteiger charge is 2.65. The number of hydrogen-bond acceptors (Lipinski definition) is 4. The fourth-order valence-corrected chi connectivity index (χ4v) is 3.67. The van der Waals surface area contributed by atoms with E-state index in [1.165, 1.54) is 5.01 Å². The summed E-state index contributed by atoms with van der Waals surface area (Å²) in [5.74, 6) is -3.11. The molecule has 0 aromatic heterocycles. The Bertz CT molecular complexity index is 700. The van der Waals surface area contributed by atoms with Crippen LogP contribution in [0.2, 0.25) is 0 Å². The van der Waals surface area contributed by atoms with Crippen molar-refractivity contribution in [3.8, 4) is 0 Å². The highest BCUT2D eigenvalue weighted by Crippen LogP contribution is 2.50. The number of esters is 1. The third-order valence-corrected chi connectivity index (χ3v) is 4.51. The smallest absolute Gasteiger partial charge is 0.411 e. The van der Waals surface area contributed by atoms with E-state index in [2.05, 4.69) is 0 Å². The number of carbonyl (C=O) groups excluding carboxylic acids is 2. The number of amides is 1. The standard InChI is InChI=1S/C18H21F3N2O3/c1-17(2,3)26-16(25)13-14(11-7-5-4-6-8-11)22-10-9-12(24)23(22)15(13)18(19,20)21/h4-8,13-15H,9-10H2,1-3H3. The van der Waals surface area contributed by atoms with Gasteiger partial charge in [-0.05, 0) is 26.3 Å². The number of carbonyl (C=O) groups is 2. The largest absolute Gasteiger partial charge is 0.460 e. The van der Waals surface area contributed by atoms with Crippen LogP contribution in [0.4, 0.5) is 13.2 Å². The molecule has 0 saturated carbocycles. The molecule has 8 heteroatoms. The van der Waals surface area contributed by atoms with Crippen molar-refractivity contribution in [2.45, 2.75) is 51.1 Å². The quantitative estimate of drug-likeness (QED) is 0.751. The predicted octanol–water partition coefficient (Wildman–Crippen LogP) is 3.08. The van der Waals surface area contributed by atoms with E-state index in [1.807, 2.05) is 0 Å². The van der Waals surface area contributed by atoms with Crippen molar-refractivity contribution in [3.63, 3.8) is 0 Å². The number of benzene rings is 1. The molecule has 3 unspecified atom stereocenters. The van der Waals surface area contributed by atoms with Gasteiger partial charge in [-0.3, -0.25) is 14.6 Å². The van der Waals surface area contributed by atoms with Crippen LogP contribution in [0, 0.1) is 5.92 Å². The van der Waals surface area contributed by atoms with E-state index in [-0.39, 0.29) is 13.0 Å². The number of ether oxygens (including phenoxy) is 1. The molecule has 1 aromatic carbocycles. The van der Waals surface area contributed by atoms with Gasteiger partial charge in [0.05, 0.1) is 6.04 Å². The maximum Gasteiger partial charge on any atom is 0.411 e. The molecule has 2 saturated heterocycles. The molecular formula is C18H21F3N2O3. The summed E-state index contributed by atoms with van der Waals surface area (Å²) in [6, 6.07) is 5.36. The lowest BCUT2D eigenvalue weighted by Crippen LogP contribution is -2.50. The average Bonchev–Trinajstić information content (AvgIpc) is 3.04. The second-order valence-corrected chi connectivity index (χ2v) is 7.55. The van der Waals surface area contributed by atoms with Crippen LogP contribution in [0.15, 0.2) is 30.3 Å². The first-order chi connectivity index (χ1) is 12.0. The van der Waals surface area contributed by atoms with Crippen molar-refractivity contribution >= 4 is 11.9 Å². The third kappa shape index (κ3) is 3.30. The summed E-state index contributed by atoms with van der Waals surface area (Å²) in [7, 11) is 0. The van der Waals surface area contributed by atoms with Gasteiger partial charge in [0.1, 0.15) is 11.5 Å². The molecule has 142 valence electrons. The predicted molar refractivity (Wildman–Crippen MR) is 86.5 cm³/mol. The van der Waals surface area contributed by atoms with E-state index >= 15 is 0 Å². The second-order valence-electron chi connectivity index (χ2n) is 7.55. The van der Waals surface area contributed by atoms with Gasteiger partial charge in [0, 0.05) is 13.0 Å². The highest BCUT2D eigenvalue weighted by atomic mass is 19.4. The summed E-state index contributed by atoms with van der Waals surface area (Å²) < 4.78 is 46.9. The fourth-order valence-electron chi connectivity index (χ4n) is 3.67. The first kappa shape index (κ1) is 18.7. The minimum Gasteiger partial charge on any atom is -0.460 e. The van der Waals surface area contributed by atoms with E-state index in [0.29, 0.717) is 10.6 Å². The van der Waals surface area contributed by atoms with Crippen LogP contribution in [0.1, 0.15) is 38.8 Å². The van der Waals surface area contributed by atoms with Crippen molar-refractivity contribution in [1.82, 2.24) is 10.0 Å². The summed E-state index contributed by atoms with van der Waals surface area (Å²) in [6.07, 6.45) is -4.75. The summed E-state index contributed by atoms with van der Waals surface area (Å²) in [6.45, 7) is 4.95. The summed E-state index contributed by atoms with van der Waals surface area (Å²) in [5.41, 5.74) is -0.379. The number of halogens is 3. The number of alkyl halides is 3. The summed E-state index contributed by atoms with van der Waals surface area (Å²) in [5, 5.41) is 2.08. The molecule has 0 bridgehead atoms. The monoisotopic (exact) mass is 370 g/mol. The Morgan fingerprint density at radius 1 is 1.15 bits per heavy atom. The van der Waals surface area contributed by atoms with Crippen LogP contribution in [0.5, 0.6) is 0 Å². The number of hydrogen-bond donors (Lipinski definition) is 0. The normalized spacial score (nSPS) is 26.9. The zero-order valence-corrected chi connectivity index (χ0v) is 14.8. The van der Waals surface area contributed by atoms with Crippen molar-refractivity contribution in [1.29, 1.82) is 0 Å². The summed E-state index contributed by atoms with van der Waals surface area (Å²) >= 11 is 0. The van der Waals surface area contributed by atoms with Crippen LogP contribution < -0.4 is 0 Å². The van der Waals surface area contributed by atoms with Crippen molar-refractivity contribution in [3.05, 3.63) is 35.9 Å². The minimum atomic E-state index is -4.75. The molecule has 2 fully saturated rings. The molecule has 2 aliphatic heterocycles. The molecule has 0 N–H and O–H groups in total. The summed E-state index contributed by atoms with van der Waals surface area (Å²) in [4.78, 5) is 24.9. The SMILES string of the molecule is CC(C)(C)OC(=O)C1C(c2ccccc2)N2CCC(=O)N2C1C(F)(F)F. The second kappa shape index (κ2) is 6.26. The van der Waals surface area contributed by atoms with Crippen LogP contribution >= 0.6 is 0 Å². The first-order valence-electron chi connectivity index (χ1n) is 8.44. The van der Waals surface area contributed by atoms with Gasteiger partial charge in [0.25, 0.3) is 0 Å². The average molecular weight is 370 g/mol. The zero-order chi connectivity index (χ0) is 19.3. The lowest BCUT2D eigenvalue weighted by molar-refractivity contribution is -0.207. The van der Waals surface area contributed by atoms with Gasteiger partial charge in [-0.25, -0.2) is 5.01 Å². The topological polar surface area (TPSA) is 49.9 Å². The van der Waals surface area contributed by atoms with E-state index in [9.17, 15) is 22.8 Å².